The molecule has 0 unspecified atom stereocenters. The normalized spacial score (nSPS) is 14.0. The standard InChI is InChI=1S/C31H30F2N6O3/c1-17-11-19-13-25(37-24(19)14-26(17)38-9-7-20(40)8-10-38)29(41)21-15-36-39(31(21)34-3)27-16-35-28(12-18(27)2)42-30-22(32)5-4-6-23(30)33/h4-6,11-16,20,34,37,40H,7-10H2,1-3H3. The first-order chi connectivity index (χ1) is 20.2. The van der Waals surface area contributed by atoms with Crippen LogP contribution in [0.1, 0.15) is 40.0 Å². The maximum atomic E-state index is 14.0. The molecule has 0 aliphatic carbocycles. The molecule has 5 aromatic rings. The van der Waals surface area contributed by atoms with Crippen LogP contribution in [0.25, 0.3) is 16.6 Å². The molecule has 0 atom stereocenters. The molecule has 0 bridgehead atoms. The van der Waals surface area contributed by atoms with E-state index in [0.717, 1.165) is 60.2 Å². The van der Waals surface area contributed by atoms with Crippen LogP contribution in [0.2, 0.25) is 0 Å². The van der Waals surface area contributed by atoms with Crippen LogP contribution in [0.4, 0.5) is 20.3 Å². The van der Waals surface area contributed by atoms with E-state index in [2.05, 4.69) is 44.3 Å². The molecule has 9 nitrogen and oxygen atoms in total. The van der Waals surface area contributed by atoms with E-state index in [1.807, 2.05) is 6.07 Å². The number of carbonyl (C=O) groups is 1. The molecule has 1 aliphatic heterocycles. The maximum Gasteiger partial charge on any atom is 0.219 e. The molecular formula is C31H30F2N6O3. The second-order valence-corrected chi connectivity index (χ2v) is 10.5. The van der Waals surface area contributed by atoms with Gasteiger partial charge in [-0.3, -0.25) is 4.79 Å². The van der Waals surface area contributed by atoms with Crippen LogP contribution in [0.5, 0.6) is 11.6 Å². The number of ether oxygens (including phenoxy) is 1. The van der Waals surface area contributed by atoms with Crippen LogP contribution in [0.3, 0.4) is 0 Å². The first-order valence-corrected chi connectivity index (χ1v) is 13.7. The van der Waals surface area contributed by atoms with Gasteiger partial charge in [0.25, 0.3) is 0 Å². The number of anilines is 2. The van der Waals surface area contributed by atoms with Crippen LogP contribution in [0.15, 0.2) is 54.9 Å². The Hall–Kier alpha value is -4.77. The number of aliphatic hydroxyl groups excluding tert-OH is 1. The Morgan fingerprint density at radius 2 is 1.76 bits per heavy atom. The van der Waals surface area contributed by atoms with Gasteiger partial charge in [-0.05, 0) is 68.1 Å². The minimum Gasteiger partial charge on any atom is -0.433 e. The summed E-state index contributed by atoms with van der Waals surface area (Å²) < 4.78 is 35.0. The van der Waals surface area contributed by atoms with E-state index < -0.39 is 17.4 Å². The van der Waals surface area contributed by atoms with Crippen LogP contribution in [-0.4, -0.2) is 56.9 Å². The Labute approximate surface area is 240 Å². The molecule has 2 aromatic carbocycles. The average molecular weight is 573 g/mol. The van der Waals surface area contributed by atoms with Crippen molar-refractivity contribution in [2.75, 3.05) is 30.4 Å². The number of H-pyrrole nitrogens is 1. The molecule has 42 heavy (non-hydrogen) atoms. The summed E-state index contributed by atoms with van der Waals surface area (Å²) >= 11 is 0. The zero-order chi connectivity index (χ0) is 29.5. The number of ketones is 1. The Balaban J connectivity index is 1.28. The molecule has 0 amide bonds. The van der Waals surface area contributed by atoms with E-state index in [9.17, 15) is 18.7 Å². The van der Waals surface area contributed by atoms with Crippen molar-refractivity contribution in [1.82, 2.24) is 19.7 Å². The molecule has 11 heteroatoms. The molecule has 4 heterocycles. The minimum absolute atomic E-state index is 0.0168. The number of aromatic amines is 1. The largest absolute Gasteiger partial charge is 0.433 e. The quantitative estimate of drug-likeness (QED) is 0.216. The summed E-state index contributed by atoms with van der Waals surface area (Å²) in [5.41, 5.74) is 5.06. The molecule has 1 saturated heterocycles. The fraction of sp³-hybridized carbons (Fsp3) is 0.258. The van der Waals surface area contributed by atoms with Crippen LogP contribution < -0.4 is 15.0 Å². The summed E-state index contributed by atoms with van der Waals surface area (Å²) in [4.78, 5) is 23.5. The number of pyridine rings is 1. The van der Waals surface area contributed by atoms with Gasteiger partial charge in [-0.15, -0.1) is 0 Å². The number of rotatable bonds is 7. The third-order valence-corrected chi connectivity index (χ3v) is 7.65. The molecular weight excluding hydrogens is 542 g/mol. The SMILES string of the molecule is CNc1c(C(=O)c2cc3cc(C)c(N4CCC(O)CC4)cc3[nH]2)cnn1-c1cnc(Oc2c(F)cccc2F)cc1C. The number of para-hydroxylation sites is 1. The lowest BCUT2D eigenvalue weighted by Gasteiger charge is -2.32. The number of hydrogen-bond donors (Lipinski definition) is 3. The van der Waals surface area contributed by atoms with Gasteiger partial charge in [-0.25, -0.2) is 18.4 Å². The highest BCUT2D eigenvalue weighted by Gasteiger charge is 2.24. The number of aliphatic hydroxyl groups is 1. The zero-order valence-electron chi connectivity index (χ0n) is 23.4. The molecule has 0 spiro atoms. The number of benzene rings is 2. The molecule has 1 aliphatic rings. The predicted molar refractivity (Wildman–Crippen MR) is 156 cm³/mol. The van der Waals surface area contributed by atoms with Crippen molar-refractivity contribution in [1.29, 1.82) is 0 Å². The highest BCUT2D eigenvalue weighted by atomic mass is 19.1. The van der Waals surface area contributed by atoms with E-state index >= 15 is 0 Å². The average Bonchev–Trinajstić information content (AvgIpc) is 3.59. The van der Waals surface area contributed by atoms with Crippen molar-refractivity contribution in [3.8, 4) is 17.3 Å². The third kappa shape index (κ3) is 4.96. The van der Waals surface area contributed by atoms with Crippen molar-refractivity contribution in [2.24, 2.45) is 0 Å². The van der Waals surface area contributed by atoms with Crippen molar-refractivity contribution in [3.05, 3.63) is 88.9 Å². The van der Waals surface area contributed by atoms with Gasteiger partial charge < -0.3 is 25.0 Å². The number of halogens is 2. The van der Waals surface area contributed by atoms with Gasteiger partial charge in [-0.1, -0.05) is 6.07 Å². The van der Waals surface area contributed by atoms with Crippen molar-refractivity contribution < 1.29 is 23.4 Å². The predicted octanol–water partition coefficient (Wildman–Crippen LogP) is 5.67. The summed E-state index contributed by atoms with van der Waals surface area (Å²) in [6.07, 6.45) is 4.18. The lowest BCUT2D eigenvalue weighted by atomic mass is 10.0. The number of nitrogens with zero attached hydrogens (tertiary/aromatic N) is 4. The highest BCUT2D eigenvalue weighted by Crippen LogP contribution is 2.32. The number of aromatic nitrogens is 4. The second-order valence-electron chi connectivity index (χ2n) is 10.5. The fourth-order valence-corrected chi connectivity index (χ4v) is 5.42. The lowest BCUT2D eigenvalue weighted by Crippen LogP contribution is -2.36. The van der Waals surface area contributed by atoms with E-state index in [0.29, 0.717) is 28.3 Å². The molecule has 216 valence electrons. The first-order valence-electron chi connectivity index (χ1n) is 13.7. The summed E-state index contributed by atoms with van der Waals surface area (Å²) in [7, 11) is 1.70. The smallest absolute Gasteiger partial charge is 0.219 e. The second kappa shape index (κ2) is 10.9. The zero-order valence-corrected chi connectivity index (χ0v) is 23.4. The maximum absolute atomic E-state index is 14.0. The summed E-state index contributed by atoms with van der Waals surface area (Å²) in [5.74, 6) is -1.95. The monoisotopic (exact) mass is 572 g/mol. The van der Waals surface area contributed by atoms with E-state index in [1.165, 1.54) is 18.5 Å². The van der Waals surface area contributed by atoms with Crippen LogP contribution >= 0.6 is 0 Å². The van der Waals surface area contributed by atoms with Gasteiger partial charge >= 0.3 is 0 Å². The lowest BCUT2D eigenvalue weighted by molar-refractivity contribution is 0.103. The van der Waals surface area contributed by atoms with E-state index in [-0.39, 0.29) is 17.8 Å². The van der Waals surface area contributed by atoms with Crippen molar-refractivity contribution >= 4 is 28.2 Å². The summed E-state index contributed by atoms with van der Waals surface area (Å²) in [5, 5.41) is 18.3. The van der Waals surface area contributed by atoms with E-state index in [1.54, 1.807) is 24.7 Å². The molecule has 0 radical (unpaired) electrons. The number of piperidine rings is 1. The summed E-state index contributed by atoms with van der Waals surface area (Å²) in [6, 6.07) is 11.0. The topological polar surface area (TPSA) is 108 Å². The van der Waals surface area contributed by atoms with Gasteiger partial charge in [0.15, 0.2) is 11.6 Å². The molecule has 0 saturated carbocycles. The van der Waals surface area contributed by atoms with Crippen molar-refractivity contribution in [2.45, 2.75) is 32.8 Å². The van der Waals surface area contributed by atoms with Crippen LogP contribution in [-0.2, 0) is 0 Å². The minimum atomic E-state index is -0.832. The Kier molecular flexibility index (Phi) is 7.11. The highest BCUT2D eigenvalue weighted by molar-refractivity contribution is 6.13. The molecule has 1 fully saturated rings. The molecule has 3 aromatic heterocycles. The fourth-order valence-electron chi connectivity index (χ4n) is 5.42. The number of hydrogen-bond acceptors (Lipinski definition) is 7. The number of carbonyl (C=O) groups excluding carboxylic acids is 1. The molecule has 6 rings (SSSR count). The Morgan fingerprint density at radius 3 is 2.45 bits per heavy atom. The summed E-state index contributed by atoms with van der Waals surface area (Å²) in [6.45, 7) is 5.40. The molecule has 3 N–H and O–H groups in total. The van der Waals surface area contributed by atoms with Crippen molar-refractivity contribution in [3.63, 3.8) is 0 Å². The number of aryl methyl sites for hydroxylation is 2. The first kappa shape index (κ1) is 27.4. The third-order valence-electron chi connectivity index (χ3n) is 7.65. The van der Waals surface area contributed by atoms with Gasteiger partial charge in [0.1, 0.15) is 5.82 Å². The Bertz CT molecular complexity index is 1790. The van der Waals surface area contributed by atoms with Gasteiger partial charge in [-0.2, -0.15) is 5.10 Å². The van der Waals surface area contributed by atoms with Gasteiger partial charge in [0.05, 0.1) is 35.4 Å². The number of fused-ring (bicyclic) bond motifs is 1. The van der Waals surface area contributed by atoms with Gasteiger partial charge in [0, 0.05) is 42.8 Å². The Morgan fingerprint density at radius 1 is 1.05 bits per heavy atom. The van der Waals surface area contributed by atoms with Crippen LogP contribution in [0, 0.1) is 25.5 Å². The van der Waals surface area contributed by atoms with E-state index in [4.69, 9.17) is 4.74 Å². The van der Waals surface area contributed by atoms with Gasteiger partial charge in [0.2, 0.25) is 17.4 Å². The number of nitrogens with one attached hydrogen (secondary N) is 2.